The van der Waals surface area contributed by atoms with Crippen LogP contribution in [0.1, 0.15) is 33.1 Å². The van der Waals surface area contributed by atoms with Gasteiger partial charge >= 0.3 is 0 Å². The molecule has 0 saturated carbocycles. The first kappa shape index (κ1) is 23.3. The molecule has 1 N–H and O–H groups in total. The summed E-state index contributed by atoms with van der Waals surface area (Å²) >= 11 is 6.05. The van der Waals surface area contributed by atoms with Gasteiger partial charge in [0.25, 0.3) is 5.56 Å². The van der Waals surface area contributed by atoms with Gasteiger partial charge in [-0.2, -0.15) is 0 Å². The molecule has 0 fully saturated rings. The smallest absolute Gasteiger partial charge is 0.259 e. The van der Waals surface area contributed by atoms with E-state index in [0.29, 0.717) is 10.8 Å². The molecule has 5 nitrogen and oxygen atoms in total. The van der Waals surface area contributed by atoms with Crippen LogP contribution in [0.5, 0.6) is 0 Å². The van der Waals surface area contributed by atoms with Crippen molar-refractivity contribution in [2.75, 3.05) is 11.0 Å². The Balaban J connectivity index is 1.87. The molecule has 1 unspecified atom stereocenters. The molecule has 2 aromatic carbocycles. The van der Waals surface area contributed by atoms with Gasteiger partial charge in [-0.1, -0.05) is 55.6 Å². The molecule has 172 valence electrons. The van der Waals surface area contributed by atoms with Crippen molar-refractivity contribution in [3.8, 4) is 22.5 Å². The third kappa shape index (κ3) is 5.23. The molecule has 0 radical (unpaired) electrons. The molecule has 33 heavy (non-hydrogen) atoms. The summed E-state index contributed by atoms with van der Waals surface area (Å²) in [5.41, 5.74) is 4.52. The maximum absolute atomic E-state index is 13.1. The zero-order valence-electron chi connectivity index (χ0n) is 19.2. The van der Waals surface area contributed by atoms with E-state index in [1.165, 1.54) is 0 Å². The first-order chi connectivity index (χ1) is 16.0. The highest BCUT2D eigenvalue weighted by atomic mass is 35.5. The fourth-order valence-corrected chi connectivity index (χ4v) is 4.56. The highest BCUT2D eigenvalue weighted by molar-refractivity contribution is 8.15. The van der Waals surface area contributed by atoms with Crippen LogP contribution < -0.4 is 10.3 Å². The minimum Gasteiger partial charge on any atom is -0.336 e. The first-order valence-corrected chi connectivity index (χ1v) is 13.3. The predicted molar refractivity (Wildman–Crippen MR) is 144 cm³/mol. The van der Waals surface area contributed by atoms with E-state index in [1.807, 2.05) is 36.5 Å². The van der Waals surface area contributed by atoms with Gasteiger partial charge in [-0.25, -0.2) is 4.98 Å². The van der Waals surface area contributed by atoms with Crippen LogP contribution in [0.15, 0.2) is 65.6 Å². The molecule has 0 amide bonds. The quantitative estimate of drug-likeness (QED) is 0.225. The third-order valence-corrected chi connectivity index (χ3v) is 7.15. The van der Waals surface area contributed by atoms with Crippen molar-refractivity contribution >= 4 is 39.1 Å². The SMILES string of the molecule is C/C=S(\C)Nc1cccc(-c2cc(=O)n3cc(-c4ccc(Cl)cc4)nc3n2CCCCC)c1. The molecule has 0 aliphatic carbocycles. The second-order valence-corrected chi connectivity index (χ2v) is 10.2. The summed E-state index contributed by atoms with van der Waals surface area (Å²) in [4.78, 5) is 18.0. The summed E-state index contributed by atoms with van der Waals surface area (Å²) in [6.45, 7) is 5.04. The van der Waals surface area contributed by atoms with E-state index < -0.39 is 0 Å². The lowest BCUT2D eigenvalue weighted by Gasteiger charge is -2.16. The van der Waals surface area contributed by atoms with Crippen LogP contribution in [-0.4, -0.2) is 25.6 Å². The summed E-state index contributed by atoms with van der Waals surface area (Å²) in [7, 11) is -0.0197. The molecule has 0 bridgehead atoms. The van der Waals surface area contributed by atoms with Crippen LogP contribution in [-0.2, 0) is 6.54 Å². The lowest BCUT2D eigenvalue weighted by Crippen LogP contribution is -2.18. The number of nitrogens with zero attached hydrogens (tertiary/aromatic N) is 3. The van der Waals surface area contributed by atoms with Crippen LogP contribution >= 0.6 is 22.3 Å². The van der Waals surface area contributed by atoms with Crippen molar-refractivity contribution in [2.45, 2.75) is 39.7 Å². The topological polar surface area (TPSA) is 51.3 Å². The van der Waals surface area contributed by atoms with Gasteiger partial charge in [0, 0.05) is 40.6 Å². The summed E-state index contributed by atoms with van der Waals surface area (Å²) in [6.07, 6.45) is 7.23. The minimum absolute atomic E-state index is 0.0197. The van der Waals surface area contributed by atoms with E-state index in [2.05, 4.69) is 53.0 Å². The van der Waals surface area contributed by atoms with E-state index in [0.717, 1.165) is 54.0 Å². The molecule has 0 aliphatic rings. The predicted octanol–water partition coefficient (Wildman–Crippen LogP) is 6.72. The summed E-state index contributed by atoms with van der Waals surface area (Å²) in [5, 5.41) is 2.82. The van der Waals surface area contributed by atoms with Gasteiger partial charge in [-0.3, -0.25) is 9.20 Å². The summed E-state index contributed by atoms with van der Waals surface area (Å²) in [6, 6.07) is 17.5. The number of anilines is 1. The Labute approximate surface area is 202 Å². The van der Waals surface area contributed by atoms with Gasteiger partial charge in [0.1, 0.15) is 0 Å². The van der Waals surface area contributed by atoms with Crippen LogP contribution in [0.2, 0.25) is 5.02 Å². The number of halogens is 1. The molecule has 0 saturated heterocycles. The summed E-state index contributed by atoms with van der Waals surface area (Å²) < 4.78 is 7.33. The second-order valence-electron chi connectivity index (χ2n) is 8.01. The fraction of sp³-hybridized carbons (Fsp3) is 0.269. The number of hydrogen-bond donors (Lipinski definition) is 1. The van der Waals surface area contributed by atoms with Crippen LogP contribution in [0.25, 0.3) is 28.3 Å². The van der Waals surface area contributed by atoms with Gasteiger partial charge in [0.05, 0.1) is 11.4 Å². The Morgan fingerprint density at radius 3 is 2.61 bits per heavy atom. The largest absolute Gasteiger partial charge is 0.336 e. The average Bonchev–Trinajstić information content (AvgIpc) is 3.27. The lowest BCUT2D eigenvalue weighted by atomic mass is 10.1. The Morgan fingerprint density at radius 2 is 1.88 bits per heavy atom. The maximum atomic E-state index is 13.1. The molecular formula is C26H29ClN4OS. The number of benzene rings is 2. The minimum atomic E-state index is -0.0880. The molecular weight excluding hydrogens is 452 g/mol. The number of nitrogens with one attached hydrogen (secondary N) is 1. The van der Waals surface area contributed by atoms with Crippen LogP contribution in [0.3, 0.4) is 0 Å². The molecule has 2 heterocycles. The number of hydrogen-bond acceptors (Lipinski definition) is 3. The van der Waals surface area contributed by atoms with Crippen molar-refractivity contribution in [1.29, 1.82) is 0 Å². The monoisotopic (exact) mass is 480 g/mol. The van der Waals surface area contributed by atoms with Crippen molar-refractivity contribution in [1.82, 2.24) is 14.0 Å². The molecule has 7 heteroatoms. The highest BCUT2D eigenvalue weighted by Crippen LogP contribution is 2.27. The average molecular weight is 481 g/mol. The second kappa shape index (κ2) is 10.4. The van der Waals surface area contributed by atoms with Crippen LogP contribution in [0.4, 0.5) is 5.69 Å². The molecule has 0 aliphatic heterocycles. The number of fused-ring (bicyclic) bond motifs is 1. The Hall–Kier alpha value is -2.83. The fourth-order valence-electron chi connectivity index (χ4n) is 3.82. The number of rotatable bonds is 8. The molecule has 4 aromatic rings. The van der Waals surface area contributed by atoms with Gasteiger partial charge < -0.3 is 9.29 Å². The Kier molecular flexibility index (Phi) is 7.36. The first-order valence-electron chi connectivity index (χ1n) is 11.2. The Morgan fingerprint density at radius 1 is 1.09 bits per heavy atom. The van der Waals surface area contributed by atoms with Crippen molar-refractivity contribution in [3.63, 3.8) is 0 Å². The maximum Gasteiger partial charge on any atom is 0.259 e. The zero-order chi connectivity index (χ0) is 23.4. The van der Waals surface area contributed by atoms with Crippen molar-refractivity contribution < 1.29 is 0 Å². The number of aromatic nitrogens is 3. The standard InChI is InChI=1S/C26H29ClN4OS/c1-4-6-7-15-30-24(20-9-8-10-22(16-20)29-33(3)5-2)17-25(32)31-18-23(28-26(30)31)19-11-13-21(27)14-12-19/h5,8-14,16-18,29H,4,6-7,15H2,1-3H3. The molecule has 2 aromatic heterocycles. The number of aryl methyl sites for hydroxylation is 1. The molecule has 4 rings (SSSR count). The van der Waals surface area contributed by atoms with E-state index in [1.54, 1.807) is 10.5 Å². The van der Waals surface area contributed by atoms with E-state index in [4.69, 9.17) is 16.6 Å². The van der Waals surface area contributed by atoms with Gasteiger partial charge in [-0.05, 0) is 49.2 Å². The van der Waals surface area contributed by atoms with E-state index >= 15 is 0 Å². The number of unbranched alkanes of at least 4 members (excludes halogenated alkanes) is 2. The summed E-state index contributed by atoms with van der Waals surface area (Å²) in [5.74, 6) is 0.661. The van der Waals surface area contributed by atoms with Gasteiger partial charge in [-0.15, -0.1) is 10.7 Å². The normalized spacial score (nSPS) is 12.4. The van der Waals surface area contributed by atoms with Gasteiger partial charge in [0.2, 0.25) is 5.78 Å². The molecule has 0 spiro atoms. The van der Waals surface area contributed by atoms with E-state index in [-0.39, 0.29) is 16.2 Å². The lowest BCUT2D eigenvalue weighted by molar-refractivity contribution is 0.606. The van der Waals surface area contributed by atoms with Crippen molar-refractivity contribution in [2.24, 2.45) is 0 Å². The van der Waals surface area contributed by atoms with E-state index in [9.17, 15) is 4.79 Å². The molecule has 1 atom stereocenters. The zero-order valence-corrected chi connectivity index (χ0v) is 20.8. The number of imidazole rings is 1. The highest BCUT2D eigenvalue weighted by Gasteiger charge is 2.15. The van der Waals surface area contributed by atoms with Crippen molar-refractivity contribution in [3.05, 3.63) is 76.2 Å². The van der Waals surface area contributed by atoms with Crippen LogP contribution in [0, 0.1) is 0 Å². The van der Waals surface area contributed by atoms with Gasteiger partial charge in [0.15, 0.2) is 0 Å². The Bertz CT molecular complexity index is 1360. The third-order valence-electron chi connectivity index (χ3n) is 5.63.